The molecule has 1 fully saturated rings. The second kappa shape index (κ2) is 9.02. The van der Waals surface area contributed by atoms with E-state index in [0.717, 1.165) is 37.8 Å². The summed E-state index contributed by atoms with van der Waals surface area (Å²) >= 11 is 0. The number of rotatable bonds is 9. The standard InChI is InChI=1S/C23H29N3O2/c24-20(27)16-23(13-7-10-18-8-3-1-4-9-18)14-15-26(17-21(25)28)22(23)19-11-5-2-6-12-19/h1-6,8-9,11-12,22H,7,10,13-17H2,(H2,24,27)(H2,25,28). The predicted octanol–water partition coefficient (Wildman–Crippen LogP) is 2.80. The van der Waals surface area contributed by atoms with Crippen molar-refractivity contribution in [1.29, 1.82) is 0 Å². The summed E-state index contributed by atoms with van der Waals surface area (Å²) in [5, 5.41) is 0. The molecule has 28 heavy (non-hydrogen) atoms. The molecular formula is C23H29N3O2. The van der Waals surface area contributed by atoms with E-state index in [0.29, 0.717) is 6.42 Å². The minimum atomic E-state index is -0.347. The summed E-state index contributed by atoms with van der Waals surface area (Å²) in [4.78, 5) is 25.8. The Kier molecular flexibility index (Phi) is 6.47. The second-order valence-electron chi connectivity index (χ2n) is 7.84. The van der Waals surface area contributed by atoms with Gasteiger partial charge in [0.15, 0.2) is 0 Å². The van der Waals surface area contributed by atoms with E-state index in [1.54, 1.807) is 0 Å². The summed E-state index contributed by atoms with van der Waals surface area (Å²) < 4.78 is 0. The van der Waals surface area contributed by atoms with Crippen molar-refractivity contribution in [3.63, 3.8) is 0 Å². The smallest absolute Gasteiger partial charge is 0.231 e. The number of aryl methyl sites for hydroxylation is 1. The normalized spacial score (nSPS) is 22.2. The molecule has 3 rings (SSSR count). The molecule has 5 nitrogen and oxygen atoms in total. The van der Waals surface area contributed by atoms with Crippen LogP contribution in [0.15, 0.2) is 60.7 Å². The van der Waals surface area contributed by atoms with E-state index in [2.05, 4.69) is 29.2 Å². The summed E-state index contributed by atoms with van der Waals surface area (Å²) in [6, 6.07) is 20.4. The van der Waals surface area contributed by atoms with Crippen molar-refractivity contribution in [3.05, 3.63) is 71.8 Å². The lowest BCUT2D eigenvalue weighted by atomic mass is 9.70. The summed E-state index contributed by atoms with van der Waals surface area (Å²) in [5.74, 6) is -0.637. The number of amides is 2. The van der Waals surface area contributed by atoms with Gasteiger partial charge in [0.1, 0.15) is 0 Å². The average Bonchev–Trinajstić information content (AvgIpc) is 3.00. The molecule has 2 amide bonds. The summed E-state index contributed by atoms with van der Waals surface area (Å²) in [7, 11) is 0. The van der Waals surface area contributed by atoms with Crippen molar-refractivity contribution < 1.29 is 9.59 Å². The Morgan fingerprint density at radius 2 is 1.61 bits per heavy atom. The molecule has 2 unspecified atom stereocenters. The number of carbonyl (C=O) groups is 2. The molecule has 5 heteroatoms. The van der Waals surface area contributed by atoms with Crippen LogP contribution in [0.4, 0.5) is 0 Å². The largest absolute Gasteiger partial charge is 0.370 e. The first-order chi connectivity index (χ1) is 13.5. The van der Waals surface area contributed by atoms with Gasteiger partial charge in [0.2, 0.25) is 11.8 Å². The van der Waals surface area contributed by atoms with E-state index in [1.807, 2.05) is 36.4 Å². The molecule has 0 radical (unpaired) electrons. The molecule has 0 aliphatic carbocycles. The Morgan fingerprint density at radius 3 is 2.21 bits per heavy atom. The minimum Gasteiger partial charge on any atom is -0.370 e. The number of carbonyl (C=O) groups excluding carboxylic acids is 2. The van der Waals surface area contributed by atoms with Gasteiger partial charge >= 0.3 is 0 Å². The topological polar surface area (TPSA) is 89.4 Å². The molecule has 2 aromatic rings. The molecule has 4 N–H and O–H groups in total. The quantitative estimate of drug-likeness (QED) is 0.702. The van der Waals surface area contributed by atoms with Crippen LogP contribution < -0.4 is 11.5 Å². The molecule has 1 aliphatic heterocycles. The van der Waals surface area contributed by atoms with Gasteiger partial charge in [-0.3, -0.25) is 14.5 Å². The Morgan fingerprint density at radius 1 is 0.964 bits per heavy atom. The van der Waals surface area contributed by atoms with E-state index in [4.69, 9.17) is 11.5 Å². The predicted molar refractivity (Wildman–Crippen MR) is 110 cm³/mol. The van der Waals surface area contributed by atoms with Crippen LogP contribution in [0, 0.1) is 5.41 Å². The number of hydrogen-bond acceptors (Lipinski definition) is 3. The number of hydrogen-bond donors (Lipinski definition) is 2. The lowest BCUT2D eigenvalue weighted by molar-refractivity contribution is -0.121. The number of likely N-dealkylation sites (tertiary alicyclic amines) is 1. The molecule has 0 bridgehead atoms. The van der Waals surface area contributed by atoms with Gasteiger partial charge in [-0.05, 0) is 43.4 Å². The molecule has 0 aromatic heterocycles. The van der Waals surface area contributed by atoms with E-state index < -0.39 is 0 Å². The molecule has 0 saturated carbocycles. The minimum absolute atomic E-state index is 0.0375. The van der Waals surface area contributed by atoms with Gasteiger partial charge in [0.05, 0.1) is 6.54 Å². The summed E-state index contributed by atoms with van der Waals surface area (Å²) in [6.45, 7) is 0.930. The van der Waals surface area contributed by atoms with Crippen LogP contribution in [-0.2, 0) is 16.0 Å². The Labute approximate surface area is 166 Å². The van der Waals surface area contributed by atoms with Crippen molar-refractivity contribution in [2.75, 3.05) is 13.1 Å². The van der Waals surface area contributed by atoms with Gasteiger partial charge < -0.3 is 11.5 Å². The fourth-order valence-corrected chi connectivity index (χ4v) is 4.76. The highest BCUT2D eigenvalue weighted by Crippen LogP contribution is 2.52. The van der Waals surface area contributed by atoms with Crippen LogP contribution in [0.3, 0.4) is 0 Å². The SMILES string of the molecule is NC(=O)CN1CCC(CCCc2ccccc2)(CC(N)=O)C1c1ccccc1. The van der Waals surface area contributed by atoms with E-state index >= 15 is 0 Å². The lowest BCUT2D eigenvalue weighted by Crippen LogP contribution is -2.39. The van der Waals surface area contributed by atoms with Crippen LogP contribution in [0.1, 0.15) is 42.9 Å². The van der Waals surface area contributed by atoms with Gasteiger partial charge in [-0.2, -0.15) is 0 Å². The Bertz CT molecular complexity index is 794. The molecule has 1 saturated heterocycles. The monoisotopic (exact) mass is 379 g/mol. The molecule has 2 aromatic carbocycles. The summed E-state index contributed by atoms with van der Waals surface area (Å²) in [6.07, 6.45) is 3.94. The van der Waals surface area contributed by atoms with Gasteiger partial charge in [0, 0.05) is 17.9 Å². The zero-order valence-corrected chi connectivity index (χ0v) is 16.2. The third-order valence-electron chi connectivity index (χ3n) is 5.83. The number of nitrogens with zero attached hydrogens (tertiary/aromatic N) is 1. The average molecular weight is 380 g/mol. The first kappa shape index (κ1) is 20.1. The van der Waals surface area contributed by atoms with Gasteiger partial charge in [-0.25, -0.2) is 0 Å². The van der Waals surface area contributed by atoms with E-state index in [9.17, 15) is 9.59 Å². The molecule has 1 heterocycles. The third-order valence-corrected chi connectivity index (χ3v) is 5.83. The van der Waals surface area contributed by atoms with Crippen LogP contribution in [0.2, 0.25) is 0 Å². The molecule has 0 spiro atoms. The highest BCUT2D eigenvalue weighted by atomic mass is 16.1. The zero-order valence-electron chi connectivity index (χ0n) is 16.2. The van der Waals surface area contributed by atoms with Crippen LogP contribution in [0.25, 0.3) is 0 Å². The van der Waals surface area contributed by atoms with Gasteiger partial charge in [-0.15, -0.1) is 0 Å². The van der Waals surface area contributed by atoms with Crippen molar-refractivity contribution in [1.82, 2.24) is 4.90 Å². The highest BCUT2D eigenvalue weighted by Gasteiger charge is 2.48. The Hall–Kier alpha value is -2.66. The number of benzene rings is 2. The van der Waals surface area contributed by atoms with Crippen molar-refractivity contribution in [2.24, 2.45) is 16.9 Å². The highest BCUT2D eigenvalue weighted by molar-refractivity contribution is 5.76. The lowest BCUT2D eigenvalue weighted by Gasteiger charge is -2.38. The fraction of sp³-hybridized carbons (Fsp3) is 0.391. The third kappa shape index (κ3) is 4.78. The summed E-state index contributed by atoms with van der Waals surface area (Å²) in [5.41, 5.74) is 13.3. The van der Waals surface area contributed by atoms with Crippen molar-refractivity contribution >= 4 is 11.8 Å². The van der Waals surface area contributed by atoms with Crippen molar-refractivity contribution in [2.45, 2.75) is 38.1 Å². The molecular weight excluding hydrogens is 350 g/mol. The van der Waals surface area contributed by atoms with Gasteiger partial charge in [-0.1, -0.05) is 60.7 Å². The van der Waals surface area contributed by atoms with Crippen LogP contribution in [0.5, 0.6) is 0 Å². The van der Waals surface area contributed by atoms with Crippen molar-refractivity contribution in [3.8, 4) is 0 Å². The van der Waals surface area contributed by atoms with E-state index in [1.165, 1.54) is 5.56 Å². The van der Waals surface area contributed by atoms with Gasteiger partial charge in [0.25, 0.3) is 0 Å². The number of nitrogens with two attached hydrogens (primary N) is 2. The fourth-order valence-electron chi connectivity index (χ4n) is 4.76. The number of primary amides is 2. The Balaban J connectivity index is 1.86. The maximum absolute atomic E-state index is 12.0. The molecule has 2 atom stereocenters. The van der Waals surface area contributed by atoms with E-state index in [-0.39, 0.29) is 29.8 Å². The van der Waals surface area contributed by atoms with Crippen LogP contribution in [-0.4, -0.2) is 29.8 Å². The van der Waals surface area contributed by atoms with Crippen LogP contribution >= 0.6 is 0 Å². The molecule has 1 aliphatic rings. The first-order valence-electron chi connectivity index (χ1n) is 9.90. The first-order valence-corrected chi connectivity index (χ1v) is 9.90. The second-order valence-corrected chi connectivity index (χ2v) is 7.84. The molecule has 148 valence electrons. The maximum atomic E-state index is 12.0. The zero-order chi connectivity index (χ0) is 20.0. The maximum Gasteiger partial charge on any atom is 0.231 e.